The van der Waals surface area contributed by atoms with Crippen LogP contribution in [-0.4, -0.2) is 6.54 Å². The molecule has 0 bridgehead atoms. The predicted octanol–water partition coefficient (Wildman–Crippen LogP) is 3.66. The Bertz CT molecular complexity index is 453. The molecule has 2 aliphatic rings. The van der Waals surface area contributed by atoms with Crippen molar-refractivity contribution in [1.82, 2.24) is 0 Å². The maximum atomic E-state index is 6.12. The normalized spacial score (nSPS) is 38.9. The van der Waals surface area contributed by atoms with Crippen LogP contribution in [0.4, 0.5) is 0 Å². The van der Waals surface area contributed by atoms with Gasteiger partial charge in [0.05, 0.1) is 0 Å². The summed E-state index contributed by atoms with van der Waals surface area (Å²) in [4.78, 5) is 0. The molecule has 0 aromatic heterocycles. The van der Waals surface area contributed by atoms with E-state index in [0.717, 1.165) is 12.5 Å². The molecule has 1 heteroatoms. The fourth-order valence-electron chi connectivity index (χ4n) is 4.81. The van der Waals surface area contributed by atoms with Gasteiger partial charge < -0.3 is 5.73 Å². The number of nitrogens with two attached hydrogens (primary N) is 1. The first-order chi connectivity index (χ1) is 8.60. The first kappa shape index (κ1) is 12.2. The van der Waals surface area contributed by atoms with E-state index in [1.54, 1.807) is 11.1 Å². The zero-order valence-electron chi connectivity index (χ0n) is 11.7. The third-order valence-electron chi connectivity index (χ3n) is 5.86. The number of rotatable bonds is 1. The van der Waals surface area contributed by atoms with Crippen molar-refractivity contribution >= 4 is 0 Å². The predicted molar refractivity (Wildman–Crippen MR) is 76.6 cm³/mol. The molecular weight excluding hydrogens is 218 g/mol. The Hall–Kier alpha value is -0.820. The molecule has 0 radical (unpaired) electrons. The van der Waals surface area contributed by atoms with Crippen molar-refractivity contribution in [2.45, 2.75) is 51.4 Å². The van der Waals surface area contributed by atoms with Gasteiger partial charge in [-0.15, -0.1) is 0 Å². The summed E-state index contributed by atoms with van der Waals surface area (Å²) in [5, 5.41) is 0. The fourth-order valence-corrected chi connectivity index (χ4v) is 4.81. The summed E-state index contributed by atoms with van der Waals surface area (Å²) in [6.45, 7) is 5.75. The molecule has 0 saturated heterocycles. The number of hydrogen-bond acceptors (Lipinski definition) is 1. The van der Waals surface area contributed by atoms with Crippen LogP contribution < -0.4 is 5.73 Å². The lowest BCUT2D eigenvalue weighted by Crippen LogP contribution is -2.51. The Morgan fingerprint density at radius 3 is 2.78 bits per heavy atom. The number of hydrogen-bond donors (Lipinski definition) is 1. The van der Waals surface area contributed by atoms with Crippen LogP contribution in [0, 0.1) is 11.3 Å². The maximum Gasteiger partial charge on any atom is -0.00202 e. The van der Waals surface area contributed by atoms with E-state index in [9.17, 15) is 0 Å². The highest BCUT2D eigenvalue weighted by Crippen LogP contribution is 2.56. The lowest BCUT2D eigenvalue weighted by Gasteiger charge is -2.55. The zero-order valence-corrected chi connectivity index (χ0v) is 11.7. The SMILES string of the molecule is C[C@@]1(CN)CCC[C@]2(C)c3ccccc3CC[C@@H]12. The molecule has 0 heterocycles. The Morgan fingerprint density at radius 1 is 1.22 bits per heavy atom. The molecule has 98 valence electrons. The molecule has 2 N–H and O–H groups in total. The molecule has 1 saturated carbocycles. The van der Waals surface area contributed by atoms with Crippen molar-refractivity contribution in [2.24, 2.45) is 17.1 Å². The highest BCUT2D eigenvalue weighted by Gasteiger charge is 2.50. The Kier molecular flexibility index (Phi) is 2.78. The molecule has 3 rings (SSSR count). The minimum atomic E-state index is 0.348. The van der Waals surface area contributed by atoms with Gasteiger partial charge in [0.15, 0.2) is 0 Å². The first-order valence-corrected chi connectivity index (χ1v) is 7.39. The standard InChI is InChI=1S/C17H25N/c1-16(12-18)10-5-11-17(2)14-7-4-3-6-13(14)8-9-15(16)17/h3-4,6-7,15H,5,8-12,18H2,1-2H3/t15-,16-,17+/m0/s1. The number of fused-ring (bicyclic) bond motifs is 3. The smallest absolute Gasteiger partial charge is 0.00202 e. The van der Waals surface area contributed by atoms with Crippen LogP contribution in [0.15, 0.2) is 24.3 Å². The molecule has 1 aromatic rings. The highest BCUT2D eigenvalue weighted by atomic mass is 14.7. The maximum absolute atomic E-state index is 6.12. The van der Waals surface area contributed by atoms with Crippen LogP contribution in [0.25, 0.3) is 0 Å². The van der Waals surface area contributed by atoms with Crippen LogP contribution in [0.2, 0.25) is 0 Å². The van der Waals surface area contributed by atoms with E-state index in [0.29, 0.717) is 10.8 Å². The van der Waals surface area contributed by atoms with Gasteiger partial charge in [-0.25, -0.2) is 0 Å². The lowest BCUT2D eigenvalue weighted by atomic mass is 9.50. The van der Waals surface area contributed by atoms with Gasteiger partial charge >= 0.3 is 0 Å². The van der Waals surface area contributed by atoms with Gasteiger partial charge in [0.2, 0.25) is 0 Å². The summed E-state index contributed by atoms with van der Waals surface area (Å²) < 4.78 is 0. The summed E-state index contributed by atoms with van der Waals surface area (Å²) in [6.07, 6.45) is 6.54. The van der Waals surface area contributed by atoms with E-state index in [4.69, 9.17) is 5.73 Å². The second kappa shape index (κ2) is 4.09. The number of aryl methyl sites for hydroxylation is 1. The number of benzene rings is 1. The minimum Gasteiger partial charge on any atom is -0.330 e. The van der Waals surface area contributed by atoms with E-state index in [1.165, 1.54) is 32.1 Å². The average molecular weight is 243 g/mol. The third kappa shape index (κ3) is 1.56. The van der Waals surface area contributed by atoms with Crippen molar-refractivity contribution in [3.8, 4) is 0 Å². The van der Waals surface area contributed by atoms with E-state index >= 15 is 0 Å². The minimum absolute atomic E-state index is 0.348. The molecule has 18 heavy (non-hydrogen) atoms. The lowest BCUT2D eigenvalue weighted by molar-refractivity contribution is 0.0327. The molecule has 1 nitrogen and oxygen atoms in total. The quantitative estimate of drug-likeness (QED) is 0.800. The monoisotopic (exact) mass is 243 g/mol. The summed E-state index contributed by atoms with van der Waals surface area (Å²) >= 11 is 0. The molecule has 0 aliphatic heterocycles. The molecule has 3 atom stereocenters. The molecule has 0 amide bonds. The summed E-state index contributed by atoms with van der Waals surface area (Å²) in [5.41, 5.74) is 10.0. The second-order valence-corrected chi connectivity index (χ2v) is 6.88. The van der Waals surface area contributed by atoms with E-state index in [-0.39, 0.29) is 0 Å². The van der Waals surface area contributed by atoms with E-state index in [1.807, 2.05) is 0 Å². The van der Waals surface area contributed by atoms with Crippen molar-refractivity contribution < 1.29 is 0 Å². The van der Waals surface area contributed by atoms with Gasteiger partial charge in [-0.05, 0) is 60.1 Å². The van der Waals surface area contributed by atoms with Crippen LogP contribution in [-0.2, 0) is 11.8 Å². The van der Waals surface area contributed by atoms with Crippen molar-refractivity contribution in [3.05, 3.63) is 35.4 Å². The van der Waals surface area contributed by atoms with Crippen molar-refractivity contribution in [3.63, 3.8) is 0 Å². The molecular formula is C17H25N. The van der Waals surface area contributed by atoms with Crippen LogP contribution >= 0.6 is 0 Å². The summed E-state index contributed by atoms with van der Waals surface area (Å²) in [7, 11) is 0. The van der Waals surface area contributed by atoms with Crippen LogP contribution in [0.1, 0.15) is 50.7 Å². The highest BCUT2D eigenvalue weighted by molar-refractivity contribution is 5.38. The van der Waals surface area contributed by atoms with Gasteiger partial charge in [0.1, 0.15) is 0 Å². The third-order valence-corrected chi connectivity index (χ3v) is 5.86. The van der Waals surface area contributed by atoms with Crippen LogP contribution in [0.5, 0.6) is 0 Å². The van der Waals surface area contributed by atoms with Gasteiger partial charge in [-0.1, -0.05) is 44.5 Å². The van der Waals surface area contributed by atoms with Crippen molar-refractivity contribution in [1.29, 1.82) is 0 Å². The fraction of sp³-hybridized carbons (Fsp3) is 0.647. The largest absolute Gasteiger partial charge is 0.330 e. The molecule has 0 spiro atoms. The zero-order chi connectivity index (χ0) is 12.8. The van der Waals surface area contributed by atoms with Gasteiger partial charge in [0.25, 0.3) is 0 Å². The van der Waals surface area contributed by atoms with Crippen molar-refractivity contribution in [2.75, 3.05) is 6.54 Å². The molecule has 0 unspecified atom stereocenters. The molecule has 1 fully saturated rings. The van der Waals surface area contributed by atoms with E-state index < -0.39 is 0 Å². The second-order valence-electron chi connectivity index (χ2n) is 6.88. The summed E-state index contributed by atoms with van der Waals surface area (Å²) in [5.74, 6) is 0.763. The van der Waals surface area contributed by atoms with Gasteiger partial charge in [0, 0.05) is 0 Å². The first-order valence-electron chi connectivity index (χ1n) is 7.39. The van der Waals surface area contributed by atoms with Gasteiger partial charge in [-0.3, -0.25) is 0 Å². The van der Waals surface area contributed by atoms with Crippen LogP contribution in [0.3, 0.4) is 0 Å². The summed E-state index contributed by atoms with van der Waals surface area (Å²) in [6, 6.07) is 9.09. The Labute approximate surface area is 111 Å². The molecule has 1 aromatic carbocycles. The van der Waals surface area contributed by atoms with E-state index in [2.05, 4.69) is 38.1 Å². The Balaban J connectivity index is 2.09. The average Bonchev–Trinajstić information content (AvgIpc) is 2.39. The van der Waals surface area contributed by atoms with Gasteiger partial charge in [-0.2, -0.15) is 0 Å². The Morgan fingerprint density at radius 2 is 2.00 bits per heavy atom. The topological polar surface area (TPSA) is 26.0 Å². The molecule has 2 aliphatic carbocycles.